The van der Waals surface area contributed by atoms with E-state index < -0.39 is 5.54 Å². The largest absolute Gasteiger partial charge is 0.463 e. The maximum absolute atomic E-state index is 13.8. The molecule has 0 saturated carbocycles. The number of aryl methyl sites for hydroxylation is 2. The van der Waals surface area contributed by atoms with Crippen LogP contribution in [0.1, 0.15) is 41.9 Å². The van der Waals surface area contributed by atoms with E-state index in [1.165, 1.54) is 0 Å². The first-order chi connectivity index (χ1) is 15.9. The molecule has 0 unspecified atom stereocenters. The highest BCUT2D eigenvalue weighted by molar-refractivity contribution is 6.12. The zero-order valence-electron chi connectivity index (χ0n) is 19.7. The van der Waals surface area contributed by atoms with Gasteiger partial charge in [0.2, 0.25) is 5.91 Å². The van der Waals surface area contributed by atoms with E-state index in [0.29, 0.717) is 49.9 Å². The Bertz CT molecular complexity index is 1150. The van der Waals surface area contributed by atoms with Crippen LogP contribution in [-0.2, 0) is 16.1 Å². The maximum atomic E-state index is 13.8. The number of amides is 2. The van der Waals surface area contributed by atoms with Crippen LogP contribution in [0.5, 0.6) is 0 Å². The van der Waals surface area contributed by atoms with Crippen molar-refractivity contribution in [2.24, 2.45) is 0 Å². The summed E-state index contributed by atoms with van der Waals surface area (Å²) >= 11 is 0. The van der Waals surface area contributed by atoms with Crippen molar-refractivity contribution in [2.45, 2.75) is 46.2 Å². The number of ether oxygens (including phenoxy) is 1. The molecule has 2 amide bonds. The standard InChI is InChI=1S/C26H31N3O4/c1-5-32-14-7-13-27-25(31)26(4)17-28-21(23-8-6-15-33-23)11-12-22(28)24(30)29(26)20-10-9-18(2)19(3)16-20/h6,8-12,15-16H,5,7,13-14,17H2,1-4H3,(H,27,31)/t26-/m0/s1. The molecule has 1 atom stereocenters. The molecule has 33 heavy (non-hydrogen) atoms. The van der Waals surface area contributed by atoms with Crippen LogP contribution in [0.2, 0.25) is 0 Å². The second-order valence-corrected chi connectivity index (χ2v) is 8.66. The fraction of sp³-hybridized carbons (Fsp3) is 0.385. The number of benzene rings is 1. The lowest BCUT2D eigenvalue weighted by Crippen LogP contribution is -2.64. The molecule has 3 aromatic rings. The third-order valence-corrected chi connectivity index (χ3v) is 6.33. The number of fused-ring (bicyclic) bond motifs is 1. The number of carbonyl (C=O) groups is 2. The van der Waals surface area contributed by atoms with Crippen molar-refractivity contribution in [1.82, 2.24) is 9.88 Å². The molecule has 7 heteroatoms. The van der Waals surface area contributed by atoms with Gasteiger partial charge in [0.1, 0.15) is 17.0 Å². The number of furan rings is 1. The lowest BCUT2D eigenvalue weighted by molar-refractivity contribution is -0.126. The van der Waals surface area contributed by atoms with E-state index in [1.807, 2.05) is 68.7 Å². The first kappa shape index (κ1) is 22.9. The van der Waals surface area contributed by atoms with Crippen LogP contribution in [0, 0.1) is 13.8 Å². The van der Waals surface area contributed by atoms with Gasteiger partial charge in [-0.1, -0.05) is 6.07 Å². The van der Waals surface area contributed by atoms with E-state index in [1.54, 1.807) is 17.2 Å². The Kier molecular flexibility index (Phi) is 6.42. The zero-order chi connectivity index (χ0) is 23.6. The van der Waals surface area contributed by atoms with Crippen LogP contribution in [0.3, 0.4) is 0 Å². The lowest BCUT2D eigenvalue weighted by Gasteiger charge is -2.44. The highest BCUT2D eigenvalue weighted by atomic mass is 16.5. The van der Waals surface area contributed by atoms with E-state index in [4.69, 9.17) is 9.15 Å². The highest BCUT2D eigenvalue weighted by Gasteiger charge is 2.48. The fourth-order valence-corrected chi connectivity index (χ4v) is 4.33. The minimum atomic E-state index is -1.13. The predicted octanol–water partition coefficient (Wildman–Crippen LogP) is 4.33. The summed E-state index contributed by atoms with van der Waals surface area (Å²) in [7, 11) is 0. The van der Waals surface area contributed by atoms with Crippen molar-refractivity contribution in [3.63, 3.8) is 0 Å². The highest BCUT2D eigenvalue weighted by Crippen LogP contribution is 2.37. The molecule has 0 radical (unpaired) electrons. The molecule has 3 heterocycles. The average molecular weight is 450 g/mol. The van der Waals surface area contributed by atoms with Crippen molar-refractivity contribution in [3.8, 4) is 11.5 Å². The molecule has 1 aliphatic rings. The van der Waals surface area contributed by atoms with Crippen LogP contribution in [-0.4, -0.2) is 41.7 Å². The monoisotopic (exact) mass is 449 g/mol. The van der Waals surface area contributed by atoms with Crippen molar-refractivity contribution in [2.75, 3.05) is 24.7 Å². The fourth-order valence-electron chi connectivity index (χ4n) is 4.33. The second kappa shape index (κ2) is 9.27. The summed E-state index contributed by atoms with van der Waals surface area (Å²) in [5.74, 6) is 0.248. The molecule has 174 valence electrons. The summed E-state index contributed by atoms with van der Waals surface area (Å²) in [6, 6.07) is 13.2. The third-order valence-electron chi connectivity index (χ3n) is 6.33. The predicted molar refractivity (Wildman–Crippen MR) is 127 cm³/mol. The lowest BCUT2D eigenvalue weighted by atomic mass is 9.93. The Morgan fingerprint density at radius 2 is 1.94 bits per heavy atom. The summed E-state index contributed by atoms with van der Waals surface area (Å²) in [5.41, 5.74) is 3.09. The first-order valence-corrected chi connectivity index (χ1v) is 11.4. The van der Waals surface area contributed by atoms with Gasteiger partial charge in [-0.15, -0.1) is 0 Å². The van der Waals surface area contributed by atoms with Crippen LogP contribution < -0.4 is 10.2 Å². The van der Waals surface area contributed by atoms with Crippen molar-refractivity contribution < 1.29 is 18.7 Å². The van der Waals surface area contributed by atoms with Gasteiger partial charge < -0.3 is 19.0 Å². The van der Waals surface area contributed by atoms with Crippen LogP contribution in [0.15, 0.2) is 53.1 Å². The van der Waals surface area contributed by atoms with Gasteiger partial charge in [-0.05, 0) is 81.6 Å². The molecule has 0 saturated heterocycles. The van der Waals surface area contributed by atoms with Gasteiger partial charge >= 0.3 is 0 Å². The molecule has 0 aliphatic carbocycles. The van der Waals surface area contributed by atoms with Crippen molar-refractivity contribution in [3.05, 3.63) is 65.5 Å². The number of nitrogens with zero attached hydrogens (tertiary/aromatic N) is 2. The number of anilines is 1. The van der Waals surface area contributed by atoms with E-state index >= 15 is 0 Å². The smallest absolute Gasteiger partial charge is 0.275 e. The molecule has 4 rings (SSSR count). The molecule has 1 N–H and O–H groups in total. The molecular weight excluding hydrogens is 418 g/mol. The Morgan fingerprint density at radius 1 is 1.15 bits per heavy atom. The normalized spacial score (nSPS) is 17.8. The SMILES string of the molecule is CCOCCCNC(=O)[C@]1(C)Cn2c(ccc2-c2ccco2)C(=O)N1c1ccc(C)c(C)c1. The van der Waals surface area contributed by atoms with Gasteiger partial charge in [-0.25, -0.2) is 0 Å². The van der Waals surface area contributed by atoms with Gasteiger partial charge in [0.25, 0.3) is 5.91 Å². The summed E-state index contributed by atoms with van der Waals surface area (Å²) in [6.45, 7) is 9.82. The third kappa shape index (κ3) is 4.20. The van der Waals surface area contributed by atoms with Gasteiger partial charge in [-0.2, -0.15) is 0 Å². The molecule has 2 aromatic heterocycles. The molecule has 0 bridgehead atoms. The minimum Gasteiger partial charge on any atom is -0.463 e. The Hall–Kier alpha value is -3.32. The average Bonchev–Trinajstić information content (AvgIpc) is 3.45. The Morgan fingerprint density at radius 3 is 2.64 bits per heavy atom. The summed E-state index contributed by atoms with van der Waals surface area (Å²) in [5, 5.41) is 3.03. The van der Waals surface area contributed by atoms with Gasteiger partial charge in [0.15, 0.2) is 0 Å². The molecule has 1 aromatic carbocycles. The maximum Gasteiger partial charge on any atom is 0.275 e. The minimum absolute atomic E-state index is 0.199. The molecular formula is C26H31N3O4. The van der Waals surface area contributed by atoms with E-state index in [-0.39, 0.29) is 11.8 Å². The number of hydrogen-bond acceptors (Lipinski definition) is 4. The van der Waals surface area contributed by atoms with E-state index in [9.17, 15) is 9.59 Å². The number of carbonyl (C=O) groups excluding carboxylic acids is 2. The van der Waals surface area contributed by atoms with Gasteiger partial charge in [0, 0.05) is 25.4 Å². The van der Waals surface area contributed by atoms with E-state index in [2.05, 4.69) is 5.32 Å². The van der Waals surface area contributed by atoms with Crippen LogP contribution >= 0.6 is 0 Å². The van der Waals surface area contributed by atoms with Gasteiger partial charge in [-0.3, -0.25) is 14.5 Å². The van der Waals surface area contributed by atoms with Crippen molar-refractivity contribution >= 4 is 17.5 Å². The van der Waals surface area contributed by atoms with Gasteiger partial charge in [0.05, 0.1) is 18.5 Å². The first-order valence-electron chi connectivity index (χ1n) is 11.4. The Labute approximate surface area is 194 Å². The van der Waals surface area contributed by atoms with E-state index in [0.717, 1.165) is 16.8 Å². The van der Waals surface area contributed by atoms with Crippen LogP contribution in [0.4, 0.5) is 5.69 Å². The second-order valence-electron chi connectivity index (χ2n) is 8.66. The summed E-state index contributed by atoms with van der Waals surface area (Å²) in [6.07, 6.45) is 2.31. The summed E-state index contributed by atoms with van der Waals surface area (Å²) < 4.78 is 12.9. The molecule has 1 aliphatic heterocycles. The molecule has 0 spiro atoms. The topological polar surface area (TPSA) is 76.7 Å². The number of rotatable bonds is 8. The quantitative estimate of drug-likeness (QED) is 0.520. The molecule has 0 fully saturated rings. The number of nitrogens with one attached hydrogen (secondary N) is 1. The zero-order valence-corrected chi connectivity index (χ0v) is 19.7. The summed E-state index contributed by atoms with van der Waals surface area (Å²) in [4.78, 5) is 29.0. The number of aromatic nitrogens is 1. The molecule has 7 nitrogen and oxygen atoms in total. The number of hydrogen-bond donors (Lipinski definition) is 1. The van der Waals surface area contributed by atoms with Crippen LogP contribution in [0.25, 0.3) is 11.5 Å². The Balaban J connectivity index is 1.73. The van der Waals surface area contributed by atoms with Crippen molar-refractivity contribution in [1.29, 1.82) is 0 Å².